The first-order valence-corrected chi connectivity index (χ1v) is 3.27. The summed E-state index contributed by atoms with van der Waals surface area (Å²) in [5.41, 5.74) is -1.48. The Morgan fingerprint density at radius 2 is 1.93 bits per heavy atom. The number of nitrogens with zero attached hydrogens (tertiary/aromatic N) is 1. The molecule has 0 amide bonds. The molecule has 0 aliphatic rings. The fraction of sp³-hybridized carbons (Fsp3) is 0. The van der Waals surface area contributed by atoms with Gasteiger partial charge in [0, 0.05) is 0 Å². The first-order valence-electron chi connectivity index (χ1n) is 3.27. The molecule has 0 saturated carbocycles. The lowest BCUT2D eigenvalue weighted by molar-refractivity contribution is -0.389. The molecule has 0 atom stereocenters. The van der Waals surface area contributed by atoms with Crippen LogP contribution in [0.2, 0.25) is 0 Å². The molecule has 1 rings (SSSR count). The van der Waals surface area contributed by atoms with Gasteiger partial charge in [-0.15, -0.1) is 0 Å². The van der Waals surface area contributed by atoms with E-state index in [1.165, 1.54) is 0 Å². The third-order valence-corrected chi connectivity index (χ3v) is 1.49. The number of carboxylic acid groups (broad SMARTS) is 2. The number of aromatic carboxylic acids is 2. The first-order chi connectivity index (χ1) is 6.45. The Hall–Kier alpha value is -2.38. The van der Waals surface area contributed by atoms with Gasteiger partial charge < -0.3 is 20.3 Å². The van der Waals surface area contributed by atoms with Gasteiger partial charge in [-0.25, -0.2) is 14.6 Å². The highest BCUT2D eigenvalue weighted by Gasteiger charge is 2.29. The lowest BCUT2D eigenvalue weighted by atomic mass is 10.2. The van der Waals surface area contributed by atoms with Crippen LogP contribution in [0.25, 0.3) is 0 Å². The third-order valence-electron chi connectivity index (χ3n) is 1.49. The molecule has 0 spiro atoms. The summed E-state index contributed by atoms with van der Waals surface area (Å²) in [6.45, 7) is 0. The maximum absolute atomic E-state index is 10.5. The van der Waals surface area contributed by atoms with E-state index in [2.05, 4.69) is 0 Å². The normalized spacial score (nSPS) is 9.71. The Morgan fingerprint density at radius 1 is 1.36 bits per heavy atom. The average Bonchev–Trinajstić information content (AvgIpc) is 2.46. The summed E-state index contributed by atoms with van der Waals surface area (Å²) in [7, 11) is 0. The second kappa shape index (κ2) is 3.17. The van der Waals surface area contributed by atoms with Gasteiger partial charge in [-0.05, 0) is 4.92 Å². The van der Waals surface area contributed by atoms with Crippen molar-refractivity contribution < 1.29 is 24.7 Å². The zero-order valence-corrected chi connectivity index (χ0v) is 6.55. The third kappa shape index (κ3) is 1.40. The molecule has 0 radical (unpaired) electrons. The van der Waals surface area contributed by atoms with Gasteiger partial charge in [0.25, 0.3) is 0 Å². The molecular formula is C6H4N2O6. The molecule has 0 fully saturated rings. The molecule has 0 aromatic carbocycles. The van der Waals surface area contributed by atoms with Crippen LogP contribution in [0.5, 0.6) is 0 Å². The molecule has 1 aromatic heterocycles. The number of hydrogen-bond acceptors (Lipinski definition) is 4. The number of H-pyrrole nitrogens is 1. The number of carboxylic acids is 2. The summed E-state index contributed by atoms with van der Waals surface area (Å²) in [6.07, 6.45) is 0.768. The highest BCUT2D eigenvalue weighted by Crippen LogP contribution is 2.20. The fourth-order valence-electron chi connectivity index (χ4n) is 0.942. The number of nitrogens with one attached hydrogen (secondary N) is 1. The Kier molecular flexibility index (Phi) is 2.19. The molecule has 8 nitrogen and oxygen atoms in total. The van der Waals surface area contributed by atoms with Crippen molar-refractivity contribution in [3.63, 3.8) is 0 Å². The van der Waals surface area contributed by atoms with Gasteiger partial charge in [-0.1, -0.05) is 0 Å². The van der Waals surface area contributed by atoms with Crippen molar-refractivity contribution >= 4 is 17.8 Å². The van der Waals surface area contributed by atoms with E-state index >= 15 is 0 Å². The van der Waals surface area contributed by atoms with E-state index in [0.29, 0.717) is 0 Å². The maximum Gasteiger partial charge on any atom is 0.345 e. The summed E-state index contributed by atoms with van der Waals surface area (Å²) < 4.78 is 0. The molecule has 3 N–H and O–H groups in total. The predicted molar refractivity (Wildman–Crippen MR) is 41.4 cm³/mol. The van der Waals surface area contributed by atoms with Crippen LogP contribution in [-0.4, -0.2) is 32.1 Å². The van der Waals surface area contributed by atoms with Crippen LogP contribution in [0.3, 0.4) is 0 Å². The number of rotatable bonds is 3. The van der Waals surface area contributed by atoms with Gasteiger partial charge in [-0.3, -0.25) is 0 Å². The predicted octanol–water partition coefficient (Wildman–Crippen LogP) is 0.319. The van der Waals surface area contributed by atoms with Crippen LogP contribution in [0, 0.1) is 10.1 Å². The van der Waals surface area contributed by atoms with Gasteiger partial charge in [0.1, 0.15) is 11.8 Å². The van der Waals surface area contributed by atoms with Gasteiger partial charge in [0.05, 0.1) is 0 Å². The first kappa shape index (κ1) is 9.71. The Bertz CT molecular complexity index is 388. The molecule has 0 unspecified atom stereocenters. The van der Waals surface area contributed by atoms with Gasteiger partial charge in [0.2, 0.25) is 0 Å². The van der Waals surface area contributed by atoms with E-state index in [0.717, 1.165) is 6.20 Å². The van der Waals surface area contributed by atoms with E-state index in [1.54, 1.807) is 0 Å². The largest absolute Gasteiger partial charge is 0.478 e. The highest BCUT2D eigenvalue weighted by atomic mass is 16.6. The monoisotopic (exact) mass is 200 g/mol. The van der Waals surface area contributed by atoms with E-state index < -0.39 is 33.8 Å². The molecule has 74 valence electrons. The number of carbonyl (C=O) groups is 2. The van der Waals surface area contributed by atoms with Crippen molar-refractivity contribution in [2.45, 2.75) is 0 Å². The standard InChI is InChI=1S/C6H4N2O6/c9-5(10)2-1-7-4(8(13)14)3(2)6(11)12/h1,7H,(H,9,10)(H,11,12). The molecule has 8 heteroatoms. The summed E-state index contributed by atoms with van der Waals surface area (Å²) in [5.74, 6) is -4.03. The van der Waals surface area contributed by atoms with Crippen LogP contribution in [-0.2, 0) is 0 Å². The molecule has 0 aliphatic heterocycles. The number of aromatic amines is 1. The van der Waals surface area contributed by atoms with Crippen LogP contribution in [0.4, 0.5) is 5.82 Å². The minimum atomic E-state index is -1.66. The van der Waals surface area contributed by atoms with Crippen LogP contribution < -0.4 is 0 Å². The zero-order chi connectivity index (χ0) is 10.9. The van der Waals surface area contributed by atoms with Crippen LogP contribution in [0.1, 0.15) is 20.7 Å². The van der Waals surface area contributed by atoms with Crippen molar-refractivity contribution in [2.75, 3.05) is 0 Å². The van der Waals surface area contributed by atoms with Crippen molar-refractivity contribution in [1.29, 1.82) is 0 Å². The van der Waals surface area contributed by atoms with E-state index in [4.69, 9.17) is 10.2 Å². The molecule has 1 aromatic rings. The van der Waals surface area contributed by atoms with E-state index in [1.807, 2.05) is 4.98 Å². The molecule has 0 bridgehead atoms. The summed E-state index contributed by atoms with van der Waals surface area (Å²) in [4.78, 5) is 32.2. The van der Waals surface area contributed by atoms with Crippen molar-refractivity contribution in [2.24, 2.45) is 0 Å². The van der Waals surface area contributed by atoms with Gasteiger partial charge in [0.15, 0.2) is 5.56 Å². The summed E-state index contributed by atoms with van der Waals surface area (Å²) >= 11 is 0. The Balaban J connectivity index is 3.42. The van der Waals surface area contributed by atoms with Crippen molar-refractivity contribution in [1.82, 2.24) is 4.98 Å². The second-order valence-corrected chi connectivity index (χ2v) is 2.29. The Morgan fingerprint density at radius 3 is 2.29 bits per heavy atom. The highest BCUT2D eigenvalue weighted by molar-refractivity contribution is 6.04. The number of hydrogen-bond donors (Lipinski definition) is 3. The van der Waals surface area contributed by atoms with Gasteiger partial charge in [-0.2, -0.15) is 0 Å². The summed E-state index contributed by atoms with van der Waals surface area (Å²) in [6, 6.07) is 0. The lowest BCUT2D eigenvalue weighted by Crippen LogP contribution is -2.07. The van der Waals surface area contributed by atoms with Crippen LogP contribution >= 0.6 is 0 Å². The number of aromatic nitrogens is 1. The van der Waals surface area contributed by atoms with Gasteiger partial charge >= 0.3 is 17.8 Å². The molecular weight excluding hydrogens is 196 g/mol. The van der Waals surface area contributed by atoms with E-state index in [-0.39, 0.29) is 0 Å². The second-order valence-electron chi connectivity index (χ2n) is 2.29. The lowest BCUT2D eigenvalue weighted by Gasteiger charge is -1.93. The van der Waals surface area contributed by atoms with E-state index in [9.17, 15) is 19.7 Å². The SMILES string of the molecule is O=C(O)c1c[nH]c([N+](=O)[O-])c1C(=O)O. The minimum absolute atomic E-state index is 0.635. The van der Waals surface area contributed by atoms with Crippen molar-refractivity contribution in [3.05, 3.63) is 27.4 Å². The molecule has 1 heterocycles. The minimum Gasteiger partial charge on any atom is -0.478 e. The molecule has 0 saturated heterocycles. The zero-order valence-electron chi connectivity index (χ0n) is 6.55. The Labute approximate surface area is 75.9 Å². The topological polar surface area (TPSA) is 134 Å². The quantitative estimate of drug-likeness (QED) is 0.475. The maximum atomic E-state index is 10.5. The average molecular weight is 200 g/mol. The molecule has 0 aliphatic carbocycles. The van der Waals surface area contributed by atoms with Crippen molar-refractivity contribution in [3.8, 4) is 0 Å². The smallest absolute Gasteiger partial charge is 0.345 e. The van der Waals surface area contributed by atoms with Crippen LogP contribution in [0.15, 0.2) is 6.20 Å². The summed E-state index contributed by atoms with van der Waals surface area (Å²) in [5, 5.41) is 27.3. The number of nitro groups is 1. The molecule has 14 heavy (non-hydrogen) atoms. The fourth-order valence-corrected chi connectivity index (χ4v) is 0.942.